The average Bonchev–Trinajstić information content (AvgIpc) is 2.93. The maximum absolute atomic E-state index is 12.5. The second-order valence-corrected chi connectivity index (χ2v) is 4.79. The number of aryl methyl sites for hydroxylation is 1. The number of benzene rings is 1. The van der Waals surface area contributed by atoms with E-state index in [0.717, 1.165) is 24.2 Å². The standard InChI is InChI=1S/C15H16N4O/c1-2-6-13-17-12-9-16-18-14(12)15(20)19(13)10-11-7-4-3-5-8-11/h3-5,7-9H,2,6,10H2,1H3,(H,16,18). The van der Waals surface area contributed by atoms with Crippen LogP contribution in [0.25, 0.3) is 11.0 Å². The molecule has 2 aromatic heterocycles. The van der Waals surface area contributed by atoms with Crippen LogP contribution in [0.15, 0.2) is 41.3 Å². The maximum atomic E-state index is 12.5. The summed E-state index contributed by atoms with van der Waals surface area (Å²) in [6.07, 6.45) is 3.33. The fourth-order valence-electron chi connectivity index (χ4n) is 2.32. The van der Waals surface area contributed by atoms with Gasteiger partial charge in [0, 0.05) is 6.42 Å². The Labute approximate surface area is 116 Å². The van der Waals surface area contributed by atoms with Gasteiger partial charge in [0.15, 0.2) is 0 Å². The summed E-state index contributed by atoms with van der Waals surface area (Å²) in [6, 6.07) is 9.94. The number of nitrogens with zero attached hydrogens (tertiary/aromatic N) is 3. The van der Waals surface area contributed by atoms with Gasteiger partial charge in [0.2, 0.25) is 0 Å². The molecule has 0 saturated heterocycles. The summed E-state index contributed by atoms with van der Waals surface area (Å²) in [5.74, 6) is 0.815. The predicted molar refractivity (Wildman–Crippen MR) is 77.7 cm³/mol. The van der Waals surface area contributed by atoms with Crippen LogP contribution in [0.5, 0.6) is 0 Å². The van der Waals surface area contributed by atoms with Gasteiger partial charge in [-0.3, -0.25) is 14.5 Å². The highest BCUT2D eigenvalue weighted by Gasteiger charge is 2.12. The van der Waals surface area contributed by atoms with Gasteiger partial charge in [-0.05, 0) is 12.0 Å². The molecule has 3 rings (SSSR count). The first-order valence-corrected chi connectivity index (χ1v) is 6.76. The van der Waals surface area contributed by atoms with E-state index in [1.807, 2.05) is 30.3 Å². The third kappa shape index (κ3) is 2.22. The zero-order valence-corrected chi connectivity index (χ0v) is 11.3. The zero-order valence-electron chi connectivity index (χ0n) is 11.3. The minimum Gasteiger partial charge on any atom is -0.290 e. The smallest absolute Gasteiger partial charge is 0.279 e. The topological polar surface area (TPSA) is 63.6 Å². The lowest BCUT2D eigenvalue weighted by atomic mass is 10.2. The fraction of sp³-hybridized carbons (Fsp3) is 0.267. The van der Waals surface area contributed by atoms with E-state index in [9.17, 15) is 4.79 Å². The summed E-state index contributed by atoms with van der Waals surface area (Å²) in [4.78, 5) is 17.1. The van der Waals surface area contributed by atoms with E-state index in [1.54, 1.807) is 10.8 Å². The Hall–Kier alpha value is -2.43. The van der Waals surface area contributed by atoms with Crippen molar-refractivity contribution in [3.05, 3.63) is 58.3 Å². The monoisotopic (exact) mass is 268 g/mol. The van der Waals surface area contributed by atoms with Crippen LogP contribution in [-0.4, -0.2) is 19.7 Å². The van der Waals surface area contributed by atoms with Crippen molar-refractivity contribution in [2.24, 2.45) is 0 Å². The van der Waals surface area contributed by atoms with Crippen molar-refractivity contribution in [2.75, 3.05) is 0 Å². The number of rotatable bonds is 4. The molecule has 0 aliphatic heterocycles. The molecule has 0 aliphatic carbocycles. The third-order valence-electron chi connectivity index (χ3n) is 3.30. The third-order valence-corrected chi connectivity index (χ3v) is 3.30. The Morgan fingerprint density at radius 1 is 1.25 bits per heavy atom. The minimum absolute atomic E-state index is 0.0557. The summed E-state index contributed by atoms with van der Waals surface area (Å²) < 4.78 is 1.74. The molecule has 0 radical (unpaired) electrons. The molecule has 0 saturated carbocycles. The van der Waals surface area contributed by atoms with Gasteiger partial charge in [-0.2, -0.15) is 5.10 Å². The second-order valence-electron chi connectivity index (χ2n) is 4.79. The van der Waals surface area contributed by atoms with Crippen LogP contribution >= 0.6 is 0 Å². The molecule has 5 nitrogen and oxygen atoms in total. The number of fused-ring (bicyclic) bond motifs is 1. The van der Waals surface area contributed by atoms with Crippen LogP contribution in [0.2, 0.25) is 0 Å². The van der Waals surface area contributed by atoms with E-state index in [0.29, 0.717) is 17.6 Å². The fourth-order valence-corrected chi connectivity index (χ4v) is 2.32. The molecule has 0 aliphatic rings. The average molecular weight is 268 g/mol. The van der Waals surface area contributed by atoms with Crippen LogP contribution in [-0.2, 0) is 13.0 Å². The number of aromatic amines is 1. The molecule has 102 valence electrons. The van der Waals surface area contributed by atoms with Gasteiger partial charge in [0.1, 0.15) is 16.9 Å². The molecule has 3 aromatic rings. The Balaban J connectivity index is 2.14. The van der Waals surface area contributed by atoms with Crippen molar-refractivity contribution in [3.63, 3.8) is 0 Å². The van der Waals surface area contributed by atoms with Crippen molar-refractivity contribution in [2.45, 2.75) is 26.3 Å². The van der Waals surface area contributed by atoms with E-state index in [-0.39, 0.29) is 5.56 Å². The molecule has 1 aromatic carbocycles. The molecular formula is C15H16N4O. The number of hydrogen-bond donors (Lipinski definition) is 1. The number of aromatic nitrogens is 4. The lowest BCUT2D eigenvalue weighted by molar-refractivity contribution is 0.664. The highest BCUT2D eigenvalue weighted by atomic mass is 16.1. The Morgan fingerprint density at radius 3 is 2.80 bits per heavy atom. The lowest BCUT2D eigenvalue weighted by Gasteiger charge is -2.11. The van der Waals surface area contributed by atoms with Crippen LogP contribution in [0, 0.1) is 0 Å². The maximum Gasteiger partial charge on any atom is 0.279 e. The van der Waals surface area contributed by atoms with Crippen LogP contribution in [0.4, 0.5) is 0 Å². The largest absolute Gasteiger partial charge is 0.290 e. The van der Waals surface area contributed by atoms with Gasteiger partial charge >= 0.3 is 0 Å². The molecule has 5 heteroatoms. The van der Waals surface area contributed by atoms with Gasteiger partial charge in [-0.25, -0.2) is 4.98 Å². The van der Waals surface area contributed by atoms with Crippen LogP contribution in [0.1, 0.15) is 24.7 Å². The lowest BCUT2D eigenvalue weighted by Crippen LogP contribution is -2.26. The van der Waals surface area contributed by atoms with Crippen molar-refractivity contribution in [1.29, 1.82) is 0 Å². The second kappa shape index (κ2) is 5.28. The molecule has 0 atom stereocenters. The molecule has 0 bridgehead atoms. The summed E-state index contributed by atoms with van der Waals surface area (Å²) in [7, 11) is 0. The summed E-state index contributed by atoms with van der Waals surface area (Å²) >= 11 is 0. The van der Waals surface area contributed by atoms with Gasteiger partial charge in [-0.15, -0.1) is 0 Å². The Morgan fingerprint density at radius 2 is 2.05 bits per heavy atom. The van der Waals surface area contributed by atoms with Crippen molar-refractivity contribution < 1.29 is 0 Å². The highest BCUT2D eigenvalue weighted by Crippen LogP contribution is 2.09. The van der Waals surface area contributed by atoms with Gasteiger partial charge in [0.25, 0.3) is 5.56 Å². The molecule has 0 amide bonds. The molecule has 0 fully saturated rings. The van der Waals surface area contributed by atoms with Gasteiger partial charge < -0.3 is 0 Å². The SMILES string of the molecule is CCCc1nc2cn[nH]c2c(=O)n1Cc1ccccc1. The Bertz CT molecular complexity index is 773. The van der Waals surface area contributed by atoms with Crippen molar-refractivity contribution in [1.82, 2.24) is 19.7 Å². The molecule has 20 heavy (non-hydrogen) atoms. The first kappa shape index (κ1) is 12.6. The van der Waals surface area contributed by atoms with Gasteiger partial charge in [-0.1, -0.05) is 37.3 Å². The highest BCUT2D eigenvalue weighted by molar-refractivity contribution is 5.71. The van der Waals surface area contributed by atoms with E-state index >= 15 is 0 Å². The molecule has 0 unspecified atom stereocenters. The normalized spacial score (nSPS) is 11.1. The minimum atomic E-state index is -0.0557. The van der Waals surface area contributed by atoms with E-state index in [4.69, 9.17) is 0 Å². The first-order chi connectivity index (χ1) is 9.79. The summed E-state index contributed by atoms with van der Waals surface area (Å²) in [5.41, 5.74) is 2.15. The van der Waals surface area contributed by atoms with Crippen molar-refractivity contribution >= 4 is 11.0 Å². The summed E-state index contributed by atoms with van der Waals surface area (Å²) in [5, 5.41) is 6.65. The molecule has 1 N–H and O–H groups in total. The zero-order chi connectivity index (χ0) is 13.9. The first-order valence-electron chi connectivity index (χ1n) is 6.76. The quantitative estimate of drug-likeness (QED) is 0.788. The number of nitrogens with one attached hydrogen (secondary N) is 1. The van der Waals surface area contributed by atoms with Crippen LogP contribution in [0.3, 0.4) is 0 Å². The van der Waals surface area contributed by atoms with E-state index in [2.05, 4.69) is 22.1 Å². The van der Waals surface area contributed by atoms with Crippen molar-refractivity contribution in [3.8, 4) is 0 Å². The van der Waals surface area contributed by atoms with E-state index in [1.165, 1.54) is 0 Å². The van der Waals surface area contributed by atoms with E-state index < -0.39 is 0 Å². The predicted octanol–water partition coefficient (Wildman–Crippen LogP) is 2.12. The molecule has 0 spiro atoms. The van der Waals surface area contributed by atoms with Crippen LogP contribution < -0.4 is 5.56 Å². The summed E-state index contributed by atoms with van der Waals surface area (Å²) in [6.45, 7) is 2.62. The number of hydrogen-bond acceptors (Lipinski definition) is 3. The molecular weight excluding hydrogens is 252 g/mol. The Kier molecular flexibility index (Phi) is 3.33. The van der Waals surface area contributed by atoms with Gasteiger partial charge in [0.05, 0.1) is 12.7 Å². The number of H-pyrrole nitrogens is 1. The molecule has 2 heterocycles.